The fourth-order valence-electron chi connectivity index (χ4n) is 3.59. The second-order valence-corrected chi connectivity index (χ2v) is 7.60. The summed E-state index contributed by atoms with van der Waals surface area (Å²) in [4.78, 5) is 12.1. The first-order chi connectivity index (χ1) is 12.5. The predicted octanol–water partition coefficient (Wildman–Crippen LogP) is 6.51. The smallest absolute Gasteiger partial charge is 0.186 e. The second-order valence-electron chi connectivity index (χ2n) is 7.60. The minimum atomic E-state index is 0.0869. The maximum absolute atomic E-state index is 12.1. The SMILES string of the molecule is CCC(C)C(C)Cc1ccc(C=C2C=CC(=O)c3ccccc32)c(C)c1. The Bertz CT molecular complexity index is 869. The molecule has 134 valence electrons. The third-order valence-corrected chi connectivity index (χ3v) is 5.74. The lowest BCUT2D eigenvalue weighted by atomic mass is 9.86. The van der Waals surface area contributed by atoms with Crippen LogP contribution in [0.25, 0.3) is 11.6 Å². The van der Waals surface area contributed by atoms with Crippen LogP contribution in [0.3, 0.4) is 0 Å². The molecule has 1 nitrogen and oxygen atoms in total. The first kappa shape index (κ1) is 18.4. The molecule has 1 aliphatic carbocycles. The number of hydrogen-bond acceptors (Lipinski definition) is 1. The molecule has 0 amide bonds. The molecule has 0 bridgehead atoms. The molecule has 2 aromatic rings. The van der Waals surface area contributed by atoms with Gasteiger partial charge in [-0.25, -0.2) is 0 Å². The van der Waals surface area contributed by atoms with E-state index in [0.29, 0.717) is 5.92 Å². The highest BCUT2D eigenvalue weighted by atomic mass is 16.1. The molecular weight excluding hydrogens is 316 g/mol. The number of fused-ring (bicyclic) bond motifs is 1. The zero-order valence-corrected chi connectivity index (χ0v) is 16.3. The molecule has 1 aliphatic rings. The van der Waals surface area contributed by atoms with Gasteiger partial charge < -0.3 is 0 Å². The van der Waals surface area contributed by atoms with Gasteiger partial charge in [0.2, 0.25) is 0 Å². The molecule has 0 N–H and O–H groups in total. The highest BCUT2D eigenvalue weighted by molar-refractivity contribution is 6.14. The predicted molar refractivity (Wildman–Crippen MR) is 111 cm³/mol. The summed E-state index contributed by atoms with van der Waals surface area (Å²) >= 11 is 0. The van der Waals surface area contributed by atoms with Gasteiger partial charge in [-0.2, -0.15) is 0 Å². The van der Waals surface area contributed by atoms with Crippen molar-refractivity contribution < 1.29 is 4.79 Å². The van der Waals surface area contributed by atoms with Gasteiger partial charge in [0, 0.05) is 5.56 Å². The molecule has 1 heteroatoms. The van der Waals surface area contributed by atoms with Gasteiger partial charge in [0.1, 0.15) is 0 Å². The maximum atomic E-state index is 12.1. The first-order valence-electron chi connectivity index (χ1n) is 9.62. The van der Waals surface area contributed by atoms with Crippen molar-refractivity contribution >= 4 is 17.4 Å². The largest absolute Gasteiger partial charge is 0.289 e. The van der Waals surface area contributed by atoms with E-state index in [0.717, 1.165) is 29.0 Å². The average Bonchev–Trinajstić information content (AvgIpc) is 2.65. The van der Waals surface area contributed by atoms with E-state index in [2.05, 4.69) is 52.0 Å². The van der Waals surface area contributed by atoms with Gasteiger partial charge in [-0.3, -0.25) is 4.79 Å². The fourth-order valence-corrected chi connectivity index (χ4v) is 3.59. The highest BCUT2D eigenvalue weighted by Crippen LogP contribution is 2.29. The number of aryl methyl sites for hydroxylation is 1. The number of carbonyl (C=O) groups is 1. The van der Waals surface area contributed by atoms with E-state index in [9.17, 15) is 4.79 Å². The van der Waals surface area contributed by atoms with Crippen molar-refractivity contribution in [3.8, 4) is 0 Å². The number of ketones is 1. The van der Waals surface area contributed by atoms with Crippen LogP contribution in [0.4, 0.5) is 0 Å². The van der Waals surface area contributed by atoms with Crippen molar-refractivity contribution in [1.82, 2.24) is 0 Å². The minimum Gasteiger partial charge on any atom is -0.289 e. The van der Waals surface area contributed by atoms with Crippen LogP contribution >= 0.6 is 0 Å². The van der Waals surface area contributed by atoms with Crippen LogP contribution in [0, 0.1) is 18.8 Å². The Labute approximate surface area is 157 Å². The molecule has 0 saturated carbocycles. The van der Waals surface area contributed by atoms with Crippen molar-refractivity contribution in [3.63, 3.8) is 0 Å². The summed E-state index contributed by atoms with van der Waals surface area (Å²) in [7, 11) is 0. The van der Waals surface area contributed by atoms with E-state index in [1.54, 1.807) is 6.08 Å². The van der Waals surface area contributed by atoms with Crippen molar-refractivity contribution in [3.05, 3.63) is 82.4 Å². The molecule has 0 aliphatic heterocycles. The second kappa shape index (κ2) is 7.86. The monoisotopic (exact) mass is 344 g/mol. The molecule has 2 unspecified atom stereocenters. The molecule has 2 atom stereocenters. The Kier molecular flexibility index (Phi) is 5.56. The Morgan fingerprint density at radius 3 is 2.38 bits per heavy atom. The molecule has 0 aromatic heterocycles. The quantitative estimate of drug-likeness (QED) is 0.604. The molecule has 3 rings (SSSR count). The van der Waals surface area contributed by atoms with E-state index < -0.39 is 0 Å². The summed E-state index contributed by atoms with van der Waals surface area (Å²) in [6, 6.07) is 14.6. The van der Waals surface area contributed by atoms with Crippen LogP contribution in [0.5, 0.6) is 0 Å². The van der Waals surface area contributed by atoms with Crippen molar-refractivity contribution in [2.75, 3.05) is 0 Å². The Morgan fingerprint density at radius 2 is 1.69 bits per heavy atom. The van der Waals surface area contributed by atoms with Gasteiger partial charge in [-0.15, -0.1) is 0 Å². The van der Waals surface area contributed by atoms with E-state index in [1.807, 2.05) is 30.3 Å². The van der Waals surface area contributed by atoms with Crippen LogP contribution < -0.4 is 0 Å². The van der Waals surface area contributed by atoms with Gasteiger partial charge in [0.05, 0.1) is 0 Å². The number of benzene rings is 2. The van der Waals surface area contributed by atoms with Gasteiger partial charge in [0.25, 0.3) is 0 Å². The van der Waals surface area contributed by atoms with Crippen molar-refractivity contribution in [1.29, 1.82) is 0 Å². The topological polar surface area (TPSA) is 17.1 Å². The van der Waals surface area contributed by atoms with E-state index in [1.165, 1.54) is 23.1 Å². The van der Waals surface area contributed by atoms with Crippen molar-refractivity contribution in [2.24, 2.45) is 11.8 Å². The molecule has 0 spiro atoms. The summed E-state index contributed by atoms with van der Waals surface area (Å²) < 4.78 is 0. The number of rotatable bonds is 5. The van der Waals surface area contributed by atoms with Crippen molar-refractivity contribution in [2.45, 2.75) is 40.5 Å². The molecule has 0 radical (unpaired) electrons. The number of hydrogen-bond donors (Lipinski definition) is 0. The third-order valence-electron chi connectivity index (χ3n) is 5.74. The van der Waals surface area contributed by atoms with Crippen LogP contribution in [0.15, 0.2) is 54.6 Å². The first-order valence-corrected chi connectivity index (χ1v) is 9.62. The molecule has 26 heavy (non-hydrogen) atoms. The normalized spacial score (nSPS) is 17.2. The fraction of sp³-hybridized carbons (Fsp3) is 0.320. The lowest BCUT2D eigenvalue weighted by molar-refractivity contribution is 0.104. The Balaban J connectivity index is 1.88. The van der Waals surface area contributed by atoms with Crippen LogP contribution in [0.1, 0.15) is 59.8 Å². The lowest BCUT2D eigenvalue weighted by Gasteiger charge is -2.19. The van der Waals surface area contributed by atoms with Crippen LogP contribution in [0.2, 0.25) is 0 Å². The molecule has 2 aromatic carbocycles. The van der Waals surface area contributed by atoms with Crippen LogP contribution in [-0.4, -0.2) is 5.78 Å². The number of carbonyl (C=O) groups excluding carboxylic acids is 1. The molecular formula is C25H28O. The van der Waals surface area contributed by atoms with E-state index in [-0.39, 0.29) is 5.78 Å². The Hall–Kier alpha value is -2.41. The number of allylic oxidation sites excluding steroid dienone is 3. The maximum Gasteiger partial charge on any atom is 0.186 e. The van der Waals surface area contributed by atoms with E-state index in [4.69, 9.17) is 0 Å². The minimum absolute atomic E-state index is 0.0869. The third kappa shape index (κ3) is 3.88. The Morgan fingerprint density at radius 1 is 0.962 bits per heavy atom. The summed E-state index contributed by atoms with van der Waals surface area (Å²) in [6.07, 6.45) is 8.16. The molecule has 0 heterocycles. The summed E-state index contributed by atoms with van der Waals surface area (Å²) in [5, 5.41) is 0. The summed E-state index contributed by atoms with van der Waals surface area (Å²) in [6.45, 7) is 9.12. The van der Waals surface area contributed by atoms with Crippen LogP contribution in [-0.2, 0) is 6.42 Å². The summed E-state index contributed by atoms with van der Waals surface area (Å²) in [5.41, 5.74) is 6.82. The van der Waals surface area contributed by atoms with Gasteiger partial charge in [0.15, 0.2) is 5.78 Å². The highest BCUT2D eigenvalue weighted by Gasteiger charge is 2.16. The average molecular weight is 344 g/mol. The lowest BCUT2D eigenvalue weighted by Crippen LogP contribution is -2.10. The van der Waals surface area contributed by atoms with E-state index >= 15 is 0 Å². The van der Waals surface area contributed by atoms with Gasteiger partial charge >= 0.3 is 0 Å². The summed E-state index contributed by atoms with van der Waals surface area (Å²) in [5.74, 6) is 1.53. The zero-order chi connectivity index (χ0) is 18.7. The van der Waals surface area contributed by atoms with Gasteiger partial charge in [-0.05, 0) is 65.2 Å². The zero-order valence-electron chi connectivity index (χ0n) is 16.3. The standard InChI is InChI=1S/C25H28O/c1-5-17(2)18(3)14-20-10-11-21(19(4)15-20)16-22-12-13-25(26)24-9-7-6-8-23(22)24/h6-13,15-18H,5,14H2,1-4H3. The van der Waals surface area contributed by atoms with Gasteiger partial charge in [-0.1, -0.05) is 75.7 Å². The molecule has 0 fully saturated rings. The molecule has 0 saturated heterocycles.